The number of carbonyl (C=O) groups excluding carboxylic acids is 2. The number of rotatable bonds is 2. The van der Waals surface area contributed by atoms with Gasteiger partial charge in [-0.1, -0.05) is 6.92 Å². The lowest BCUT2D eigenvalue weighted by Gasteiger charge is -2.28. The number of Topliss-reactive ketones (excluding diaryl/α,β-unsaturated/α-hetero) is 1. The van der Waals surface area contributed by atoms with Crippen LogP contribution in [0.1, 0.15) is 45.4 Å². The van der Waals surface area contributed by atoms with Crippen LogP contribution < -0.4 is 0 Å². The van der Waals surface area contributed by atoms with Gasteiger partial charge < -0.3 is 4.90 Å². The molecule has 0 aromatic rings. The first-order valence-corrected chi connectivity index (χ1v) is 7.01. The second-order valence-corrected chi connectivity index (χ2v) is 6.03. The summed E-state index contributed by atoms with van der Waals surface area (Å²) in [5.41, 5.74) is 0. The summed E-state index contributed by atoms with van der Waals surface area (Å²) in [6.07, 6.45) is 5.96. The first-order valence-electron chi connectivity index (χ1n) is 7.01. The van der Waals surface area contributed by atoms with Crippen molar-refractivity contribution in [3.05, 3.63) is 0 Å². The van der Waals surface area contributed by atoms with Crippen molar-refractivity contribution >= 4 is 11.7 Å². The van der Waals surface area contributed by atoms with E-state index in [-0.39, 0.29) is 17.9 Å². The van der Waals surface area contributed by atoms with Crippen LogP contribution in [0.25, 0.3) is 0 Å². The Labute approximate surface area is 103 Å². The zero-order chi connectivity index (χ0) is 12.0. The molecule has 3 aliphatic rings. The molecule has 3 heteroatoms. The van der Waals surface area contributed by atoms with Gasteiger partial charge in [-0.3, -0.25) is 9.59 Å². The van der Waals surface area contributed by atoms with Gasteiger partial charge in [-0.25, -0.2) is 0 Å². The summed E-state index contributed by atoms with van der Waals surface area (Å²) in [5.74, 6) is 1.74. The Bertz CT molecular complexity index is 352. The molecular formula is C14H21NO2. The van der Waals surface area contributed by atoms with Crippen molar-refractivity contribution in [3.8, 4) is 0 Å². The summed E-state index contributed by atoms with van der Waals surface area (Å²) >= 11 is 0. The first-order chi connectivity index (χ1) is 8.18. The van der Waals surface area contributed by atoms with E-state index in [0.717, 1.165) is 45.1 Å². The molecule has 0 aromatic carbocycles. The smallest absolute Gasteiger partial charge is 0.226 e. The molecule has 4 unspecified atom stereocenters. The van der Waals surface area contributed by atoms with Gasteiger partial charge in [0, 0.05) is 30.8 Å². The normalized spacial score (nSPS) is 41.0. The predicted octanol–water partition coefficient (Wildman–Crippen LogP) is 2.00. The maximum Gasteiger partial charge on any atom is 0.226 e. The summed E-state index contributed by atoms with van der Waals surface area (Å²) in [4.78, 5) is 26.2. The van der Waals surface area contributed by atoms with Crippen LogP contribution in [0.15, 0.2) is 0 Å². The largest absolute Gasteiger partial charge is 0.339 e. The minimum atomic E-state index is 0.163. The molecule has 3 rings (SSSR count). The topological polar surface area (TPSA) is 37.4 Å². The van der Waals surface area contributed by atoms with E-state index in [1.165, 1.54) is 0 Å². The highest BCUT2D eigenvalue weighted by Gasteiger charge is 2.46. The van der Waals surface area contributed by atoms with Gasteiger partial charge in [0.1, 0.15) is 5.78 Å². The van der Waals surface area contributed by atoms with Gasteiger partial charge >= 0.3 is 0 Å². The zero-order valence-corrected chi connectivity index (χ0v) is 10.5. The molecule has 0 aromatic heterocycles. The molecule has 1 aliphatic heterocycles. The minimum Gasteiger partial charge on any atom is -0.339 e. The number of ketones is 1. The van der Waals surface area contributed by atoms with E-state index in [4.69, 9.17) is 0 Å². The molecule has 0 N–H and O–H groups in total. The zero-order valence-electron chi connectivity index (χ0n) is 10.5. The summed E-state index contributed by atoms with van der Waals surface area (Å²) in [5, 5.41) is 0. The van der Waals surface area contributed by atoms with Gasteiger partial charge in [-0.05, 0) is 38.0 Å². The first kappa shape index (κ1) is 11.2. The predicted molar refractivity (Wildman–Crippen MR) is 64.4 cm³/mol. The molecule has 2 saturated carbocycles. The van der Waals surface area contributed by atoms with Crippen molar-refractivity contribution in [2.24, 2.45) is 17.8 Å². The van der Waals surface area contributed by atoms with Gasteiger partial charge in [0.2, 0.25) is 5.91 Å². The molecule has 0 spiro atoms. The Morgan fingerprint density at radius 2 is 2.06 bits per heavy atom. The van der Waals surface area contributed by atoms with Crippen molar-refractivity contribution in [3.63, 3.8) is 0 Å². The third-order valence-electron chi connectivity index (χ3n) is 4.83. The molecule has 94 valence electrons. The van der Waals surface area contributed by atoms with Gasteiger partial charge in [-0.15, -0.1) is 0 Å². The van der Waals surface area contributed by atoms with Crippen LogP contribution in [0.3, 0.4) is 0 Å². The fourth-order valence-electron chi connectivity index (χ4n) is 3.61. The Balaban J connectivity index is 1.71. The number of hydrogen-bond donors (Lipinski definition) is 0. The van der Waals surface area contributed by atoms with Crippen molar-refractivity contribution < 1.29 is 9.59 Å². The van der Waals surface area contributed by atoms with Crippen molar-refractivity contribution in [1.29, 1.82) is 0 Å². The average molecular weight is 235 g/mol. The Morgan fingerprint density at radius 3 is 2.65 bits per heavy atom. The molecule has 3 nitrogen and oxygen atoms in total. The molecule has 4 atom stereocenters. The minimum absolute atomic E-state index is 0.163. The van der Waals surface area contributed by atoms with Gasteiger partial charge in [0.15, 0.2) is 0 Å². The van der Waals surface area contributed by atoms with Gasteiger partial charge in [-0.2, -0.15) is 0 Å². The summed E-state index contributed by atoms with van der Waals surface area (Å²) in [6.45, 7) is 3.03. The van der Waals surface area contributed by atoms with E-state index in [1.54, 1.807) is 0 Å². The van der Waals surface area contributed by atoms with E-state index in [2.05, 4.69) is 6.92 Å². The van der Waals surface area contributed by atoms with Crippen molar-refractivity contribution in [2.45, 2.75) is 51.5 Å². The molecule has 0 bridgehead atoms. The third-order valence-corrected chi connectivity index (χ3v) is 4.83. The average Bonchev–Trinajstić information content (AvgIpc) is 2.74. The second kappa shape index (κ2) is 4.11. The quantitative estimate of drug-likeness (QED) is 0.734. The summed E-state index contributed by atoms with van der Waals surface area (Å²) < 4.78 is 0. The summed E-state index contributed by atoms with van der Waals surface area (Å²) in [7, 11) is 0. The number of amides is 1. The molecule has 3 fully saturated rings. The van der Waals surface area contributed by atoms with E-state index < -0.39 is 0 Å². The van der Waals surface area contributed by atoms with Crippen molar-refractivity contribution in [1.82, 2.24) is 4.90 Å². The van der Waals surface area contributed by atoms with E-state index in [9.17, 15) is 9.59 Å². The Kier molecular flexibility index (Phi) is 2.72. The molecule has 1 heterocycles. The molecule has 1 amide bonds. The third kappa shape index (κ3) is 1.90. The number of carbonyl (C=O) groups is 2. The fourth-order valence-corrected chi connectivity index (χ4v) is 3.61. The Hall–Kier alpha value is -0.860. The van der Waals surface area contributed by atoms with Crippen LogP contribution in [0.4, 0.5) is 0 Å². The number of hydrogen-bond acceptors (Lipinski definition) is 2. The monoisotopic (exact) mass is 235 g/mol. The molecular weight excluding hydrogens is 214 g/mol. The molecule has 17 heavy (non-hydrogen) atoms. The van der Waals surface area contributed by atoms with Crippen LogP contribution in [0.2, 0.25) is 0 Å². The van der Waals surface area contributed by atoms with E-state index >= 15 is 0 Å². The van der Waals surface area contributed by atoms with Gasteiger partial charge in [0.05, 0.1) is 0 Å². The van der Waals surface area contributed by atoms with Crippen LogP contribution in [-0.4, -0.2) is 29.2 Å². The summed E-state index contributed by atoms with van der Waals surface area (Å²) in [6, 6.07) is 0.241. The van der Waals surface area contributed by atoms with Crippen LogP contribution in [0.5, 0.6) is 0 Å². The maximum absolute atomic E-state index is 12.3. The fraction of sp³-hybridized carbons (Fsp3) is 0.857. The SMILES string of the molecule is CC1CC1C(=O)N1CCCC1C1CCCC1=O. The molecule has 2 aliphatic carbocycles. The van der Waals surface area contributed by atoms with Crippen LogP contribution in [-0.2, 0) is 9.59 Å². The lowest BCUT2D eigenvalue weighted by atomic mass is 9.95. The second-order valence-electron chi connectivity index (χ2n) is 6.03. The number of nitrogens with zero attached hydrogens (tertiary/aromatic N) is 1. The highest BCUT2D eigenvalue weighted by Crippen LogP contribution is 2.42. The Morgan fingerprint density at radius 1 is 1.29 bits per heavy atom. The highest BCUT2D eigenvalue weighted by molar-refractivity contribution is 5.86. The maximum atomic E-state index is 12.3. The molecule has 1 saturated heterocycles. The van der Waals surface area contributed by atoms with E-state index in [1.807, 2.05) is 4.90 Å². The van der Waals surface area contributed by atoms with Gasteiger partial charge in [0.25, 0.3) is 0 Å². The van der Waals surface area contributed by atoms with E-state index in [0.29, 0.717) is 17.6 Å². The molecule has 0 radical (unpaired) electrons. The van der Waals surface area contributed by atoms with Crippen LogP contribution >= 0.6 is 0 Å². The lowest BCUT2D eigenvalue weighted by molar-refractivity contribution is -0.135. The highest BCUT2D eigenvalue weighted by atomic mass is 16.2. The number of likely N-dealkylation sites (tertiary alicyclic amines) is 1. The standard InChI is InChI=1S/C14H21NO2/c1-9-8-11(9)14(17)15-7-3-5-12(15)10-4-2-6-13(10)16/h9-12H,2-8H2,1H3. The lowest BCUT2D eigenvalue weighted by Crippen LogP contribution is -2.42. The van der Waals surface area contributed by atoms with Crippen LogP contribution in [0, 0.1) is 17.8 Å². The van der Waals surface area contributed by atoms with Crippen molar-refractivity contribution in [2.75, 3.05) is 6.54 Å².